The lowest BCUT2D eigenvalue weighted by molar-refractivity contribution is -0.182. The van der Waals surface area contributed by atoms with Crippen LogP contribution >= 0.6 is 0 Å². The number of piperidine rings is 1. The molecule has 2 aliphatic heterocycles. The van der Waals surface area contributed by atoms with Gasteiger partial charge in [-0.15, -0.1) is 0 Å². The highest BCUT2D eigenvalue weighted by Crippen LogP contribution is 2.35. The summed E-state index contributed by atoms with van der Waals surface area (Å²) in [4.78, 5) is 3.89. The van der Waals surface area contributed by atoms with Crippen LogP contribution in [0.15, 0.2) is 0 Å². The summed E-state index contributed by atoms with van der Waals surface area (Å²) in [5.41, 5.74) is 0. The van der Waals surface area contributed by atoms with Crippen LogP contribution in [0.5, 0.6) is 0 Å². The summed E-state index contributed by atoms with van der Waals surface area (Å²) < 4.78 is 38.4. The highest BCUT2D eigenvalue weighted by Gasteiger charge is 2.47. The van der Waals surface area contributed by atoms with Gasteiger partial charge in [0.1, 0.15) is 6.04 Å². The summed E-state index contributed by atoms with van der Waals surface area (Å²) in [6.45, 7) is 2.47. The summed E-state index contributed by atoms with van der Waals surface area (Å²) in [5, 5.41) is 0. The lowest BCUT2D eigenvalue weighted by Crippen LogP contribution is -2.50. The second-order valence-electron chi connectivity index (χ2n) is 4.97. The molecule has 0 N–H and O–H groups in total. The molecule has 2 fully saturated rings. The third-order valence-corrected chi connectivity index (χ3v) is 3.83. The molecule has 2 heterocycles. The van der Waals surface area contributed by atoms with Crippen LogP contribution in [-0.4, -0.2) is 54.7 Å². The van der Waals surface area contributed by atoms with E-state index >= 15 is 0 Å². The maximum absolute atomic E-state index is 12.8. The molecule has 16 heavy (non-hydrogen) atoms. The van der Waals surface area contributed by atoms with Gasteiger partial charge in [0.05, 0.1) is 0 Å². The van der Waals surface area contributed by atoms with Gasteiger partial charge >= 0.3 is 6.18 Å². The van der Waals surface area contributed by atoms with Crippen molar-refractivity contribution in [1.82, 2.24) is 9.80 Å². The molecule has 5 heteroatoms. The van der Waals surface area contributed by atoms with Crippen molar-refractivity contribution >= 4 is 0 Å². The minimum absolute atomic E-state index is 0.144. The first-order chi connectivity index (χ1) is 7.48. The van der Waals surface area contributed by atoms with Crippen LogP contribution in [0.1, 0.15) is 25.7 Å². The van der Waals surface area contributed by atoms with E-state index in [0.717, 1.165) is 25.9 Å². The topological polar surface area (TPSA) is 6.48 Å². The van der Waals surface area contributed by atoms with Crippen LogP contribution in [0.25, 0.3) is 0 Å². The molecule has 0 aliphatic carbocycles. The number of rotatable bonds is 1. The Bertz CT molecular complexity index is 234. The molecular formula is C11H19F3N2. The van der Waals surface area contributed by atoms with Gasteiger partial charge in [0.2, 0.25) is 0 Å². The number of nitrogens with zero attached hydrogens (tertiary/aromatic N) is 2. The van der Waals surface area contributed by atoms with Crippen LogP contribution in [-0.2, 0) is 0 Å². The molecule has 0 unspecified atom stereocenters. The minimum Gasteiger partial charge on any atom is -0.306 e. The number of hydrogen-bond acceptors (Lipinski definition) is 2. The molecule has 2 aliphatic rings. The van der Waals surface area contributed by atoms with Crippen molar-refractivity contribution in [3.8, 4) is 0 Å². The summed E-state index contributed by atoms with van der Waals surface area (Å²) in [7, 11) is 2.03. The fourth-order valence-corrected chi connectivity index (χ4v) is 2.90. The number of halogens is 3. The predicted octanol–water partition coefficient (Wildman–Crippen LogP) is 2.11. The Morgan fingerprint density at radius 3 is 2.19 bits per heavy atom. The Morgan fingerprint density at radius 2 is 1.62 bits per heavy atom. The van der Waals surface area contributed by atoms with Crippen molar-refractivity contribution in [3.05, 3.63) is 0 Å². The Balaban J connectivity index is 1.98. The molecular weight excluding hydrogens is 217 g/mol. The minimum atomic E-state index is -4.04. The van der Waals surface area contributed by atoms with Gasteiger partial charge in [-0.3, -0.25) is 4.90 Å². The van der Waals surface area contributed by atoms with Crippen molar-refractivity contribution in [2.45, 2.75) is 43.9 Å². The molecule has 1 atom stereocenters. The van der Waals surface area contributed by atoms with Gasteiger partial charge in [-0.05, 0) is 52.4 Å². The lowest BCUT2D eigenvalue weighted by Gasteiger charge is -2.38. The monoisotopic (exact) mass is 236 g/mol. The maximum Gasteiger partial charge on any atom is 0.404 e. The standard InChI is InChI=1S/C11H19F3N2/c1-15-7-4-9(5-8-15)16-6-2-3-10(16)11(12,13)14/h9-10H,2-8H2,1H3/t10-/m1/s1. The van der Waals surface area contributed by atoms with Crippen LogP contribution in [0.3, 0.4) is 0 Å². The zero-order valence-electron chi connectivity index (χ0n) is 9.63. The molecule has 0 amide bonds. The zero-order valence-corrected chi connectivity index (χ0v) is 9.63. The van der Waals surface area contributed by atoms with Gasteiger partial charge in [0.25, 0.3) is 0 Å². The molecule has 0 saturated carbocycles. The molecule has 0 aromatic carbocycles. The van der Waals surface area contributed by atoms with Gasteiger partial charge in [-0.2, -0.15) is 13.2 Å². The van der Waals surface area contributed by atoms with Crippen LogP contribution in [0.2, 0.25) is 0 Å². The van der Waals surface area contributed by atoms with Crippen molar-refractivity contribution in [3.63, 3.8) is 0 Å². The SMILES string of the molecule is CN1CCC(N2CCC[C@@H]2C(F)(F)F)CC1. The summed E-state index contributed by atoms with van der Waals surface area (Å²) in [6.07, 6.45) is -1.31. The lowest BCUT2D eigenvalue weighted by atomic mass is 10.0. The van der Waals surface area contributed by atoms with Crippen molar-refractivity contribution in [2.24, 2.45) is 0 Å². The van der Waals surface area contributed by atoms with E-state index in [-0.39, 0.29) is 12.5 Å². The van der Waals surface area contributed by atoms with E-state index in [1.807, 2.05) is 7.05 Å². The Morgan fingerprint density at radius 1 is 1.00 bits per heavy atom. The molecule has 0 aromatic rings. The van der Waals surface area contributed by atoms with Gasteiger partial charge in [-0.1, -0.05) is 0 Å². The molecule has 0 radical (unpaired) electrons. The fourth-order valence-electron chi connectivity index (χ4n) is 2.90. The smallest absolute Gasteiger partial charge is 0.306 e. The second kappa shape index (κ2) is 4.53. The molecule has 0 aromatic heterocycles. The fraction of sp³-hybridized carbons (Fsp3) is 1.00. The van der Waals surface area contributed by atoms with E-state index in [1.54, 1.807) is 4.90 Å². The molecule has 94 valence electrons. The first-order valence-electron chi connectivity index (χ1n) is 5.99. The third-order valence-electron chi connectivity index (χ3n) is 3.83. The first kappa shape index (κ1) is 12.2. The Kier molecular flexibility index (Phi) is 3.45. The first-order valence-corrected chi connectivity index (χ1v) is 5.99. The quantitative estimate of drug-likeness (QED) is 0.688. The average molecular weight is 236 g/mol. The van der Waals surface area contributed by atoms with E-state index in [9.17, 15) is 13.2 Å². The number of alkyl halides is 3. The highest BCUT2D eigenvalue weighted by atomic mass is 19.4. The van der Waals surface area contributed by atoms with Crippen LogP contribution < -0.4 is 0 Å². The van der Waals surface area contributed by atoms with Gasteiger partial charge < -0.3 is 4.90 Å². The van der Waals surface area contributed by atoms with Crippen LogP contribution in [0, 0.1) is 0 Å². The number of hydrogen-bond donors (Lipinski definition) is 0. The van der Waals surface area contributed by atoms with E-state index < -0.39 is 12.2 Å². The molecule has 2 rings (SSSR count). The van der Waals surface area contributed by atoms with E-state index in [1.165, 1.54) is 0 Å². The molecule has 0 bridgehead atoms. The predicted molar refractivity (Wildman–Crippen MR) is 56.3 cm³/mol. The largest absolute Gasteiger partial charge is 0.404 e. The summed E-state index contributed by atoms with van der Waals surface area (Å²) in [5.74, 6) is 0. The van der Waals surface area contributed by atoms with Gasteiger partial charge in [0, 0.05) is 6.04 Å². The second-order valence-corrected chi connectivity index (χ2v) is 4.97. The molecule has 2 nitrogen and oxygen atoms in total. The highest BCUT2D eigenvalue weighted by molar-refractivity contribution is 4.91. The third kappa shape index (κ3) is 2.51. The summed E-state index contributed by atoms with van der Waals surface area (Å²) in [6, 6.07) is -1.04. The molecule has 2 saturated heterocycles. The maximum atomic E-state index is 12.8. The van der Waals surface area contributed by atoms with E-state index in [0.29, 0.717) is 13.0 Å². The van der Waals surface area contributed by atoms with Gasteiger partial charge in [0.15, 0.2) is 0 Å². The Hall–Kier alpha value is -0.290. The normalized spacial score (nSPS) is 31.1. The zero-order chi connectivity index (χ0) is 11.8. The van der Waals surface area contributed by atoms with Crippen molar-refractivity contribution < 1.29 is 13.2 Å². The van der Waals surface area contributed by atoms with Gasteiger partial charge in [-0.25, -0.2) is 0 Å². The van der Waals surface area contributed by atoms with E-state index in [4.69, 9.17) is 0 Å². The molecule has 0 spiro atoms. The van der Waals surface area contributed by atoms with Crippen molar-refractivity contribution in [2.75, 3.05) is 26.7 Å². The number of likely N-dealkylation sites (tertiary alicyclic amines) is 2. The van der Waals surface area contributed by atoms with Crippen LogP contribution in [0.4, 0.5) is 13.2 Å². The average Bonchev–Trinajstić information content (AvgIpc) is 2.66. The van der Waals surface area contributed by atoms with E-state index in [2.05, 4.69) is 4.90 Å². The van der Waals surface area contributed by atoms with Crippen molar-refractivity contribution in [1.29, 1.82) is 0 Å². The Labute approximate surface area is 94.4 Å². The summed E-state index contributed by atoms with van der Waals surface area (Å²) >= 11 is 0.